The molecule has 0 aliphatic carbocycles. The molecule has 8 N–H and O–H groups in total. The predicted molar refractivity (Wildman–Crippen MR) is 49.1 cm³/mol. The summed E-state index contributed by atoms with van der Waals surface area (Å²) in [6.45, 7) is 2.15. The molecule has 0 aliphatic heterocycles. The zero-order valence-electron chi connectivity index (χ0n) is 7.42. The number of rotatable bonds is 3. The summed E-state index contributed by atoms with van der Waals surface area (Å²) in [5.41, 5.74) is 10.6. The Morgan fingerprint density at radius 1 is 1.46 bits per heavy atom. The smallest absolute Gasteiger partial charge is 0.330 e. The average molecular weight is 215 g/mol. The molecule has 8 heteroatoms. The Kier molecular flexibility index (Phi) is 8.42. The van der Waals surface area contributed by atoms with Crippen molar-refractivity contribution >= 4 is 10.3 Å². The van der Waals surface area contributed by atoms with Crippen molar-refractivity contribution in [2.24, 2.45) is 16.6 Å². The van der Waals surface area contributed by atoms with E-state index in [1.807, 2.05) is 0 Å². The van der Waals surface area contributed by atoms with Crippen LogP contribution >= 0.6 is 0 Å². The molecular weight excluding hydrogens is 198 g/mol. The third-order valence-corrected chi connectivity index (χ3v) is 0.947. The summed E-state index contributed by atoms with van der Waals surface area (Å²) in [7, 11) is -4.17. The Morgan fingerprint density at radius 3 is 1.85 bits per heavy atom. The summed E-state index contributed by atoms with van der Waals surface area (Å²) in [5.74, 6) is 0. The molecular formula is C5H17N3O4S. The van der Waals surface area contributed by atoms with E-state index in [-0.39, 0.29) is 12.1 Å². The molecule has 82 valence electrons. The van der Waals surface area contributed by atoms with Gasteiger partial charge >= 0.3 is 10.3 Å². The van der Waals surface area contributed by atoms with Gasteiger partial charge in [0.25, 0.3) is 0 Å². The van der Waals surface area contributed by atoms with Gasteiger partial charge in [0.2, 0.25) is 0 Å². The highest BCUT2D eigenvalue weighted by atomic mass is 32.2. The molecule has 0 aromatic rings. The van der Waals surface area contributed by atoms with Gasteiger partial charge in [0, 0.05) is 12.6 Å². The highest BCUT2D eigenvalue weighted by Gasteiger charge is 2.02. The summed E-state index contributed by atoms with van der Waals surface area (Å²) >= 11 is 0. The number of hydrogen-bond acceptors (Lipinski definition) is 5. The van der Waals surface area contributed by atoms with E-state index in [0.717, 1.165) is 0 Å². The third kappa shape index (κ3) is 33.8. The first-order chi connectivity index (χ1) is 5.66. The van der Waals surface area contributed by atoms with E-state index in [4.69, 9.17) is 29.5 Å². The van der Waals surface area contributed by atoms with Gasteiger partial charge in [-0.15, -0.1) is 0 Å². The average Bonchev–Trinajstić information content (AvgIpc) is 1.82. The lowest BCUT2D eigenvalue weighted by atomic mass is 10.1. The molecule has 0 spiro atoms. The van der Waals surface area contributed by atoms with Crippen LogP contribution in [-0.4, -0.2) is 36.8 Å². The molecule has 0 amide bonds. The van der Waals surface area contributed by atoms with E-state index in [2.05, 4.69) is 5.14 Å². The van der Waals surface area contributed by atoms with Crippen LogP contribution in [0.25, 0.3) is 0 Å². The molecule has 0 rings (SSSR count). The monoisotopic (exact) mass is 215 g/mol. The summed E-state index contributed by atoms with van der Waals surface area (Å²) < 4.78 is 25.2. The molecule has 0 heterocycles. The minimum atomic E-state index is -4.17. The van der Waals surface area contributed by atoms with Gasteiger partial charge in [-0.05, 0) is 13.3 Å². The largest absolute Gasteiger partial charge is 0.393 e. The molecule has 0 saturated heterocycles. The maximum Gasteiger partial charge on any atom is 0.330 e. The van der Waals surface area contributed by atoms with Crippen molar-refractivity contribution in [1.29, 1.82) is 0 Å². The highest BCUT2D eigenvalue weighted by molar-refractivity contribution is 7.83. The molecule has 2 unspecified atom stereocenters. The van der Waals surface area contributed by atoms with Crippen LogP contribution in [-0.2, 0) is 10.3 Å². The maximum atomic E-state index is 8.97. The zero-order valence-corrected chi connectivity index (χ0v) is 8.24. The fourth-order valence-electron chi connectivity index (χ4n) is 0.534. The quantitative estimate of drug-likeness (QED) is 0.336. The van der Waals surface area contributed by atoms with Crippen molar-refractivity contribution in [3.8, 4) is 0 Å². The van der Waals surface area contributed by atoms with Crippen molar-refractivity contribution < 1.29 is 18.1 Å². The van der Waals surface area contributed by atoms with Crippen LogP contribution < -0.4 is 16.6 Å². The van der Waals surface area contributed by atoms with Crippen molar-refractivity contribution in [2.45, 2.75) is 25.5 Å². The predicted octanol–water partition coefficient (Wildman–Crippen LogP) is -2.21. The molecule has 0 bridgehead atoms. The van der Waals surface area contributed by atoms with Gasteiger partial charge in [-0.25, -0.2) is 5.14 Å². The molecule has 0 aliphatic rings. The SMILES string of the molecule is CC(O)CC(N)CN.NS(=O)(=O)O. The summed E-state index contributed by atoms with van der Waals surface area (Å²) in [6, 6.07) is -0.0463. The lowest BCUT2D eigenvalue weighted by Gasteiger charge is -2.09. The molecule has 2 atom stereocenters. The standard InChI is InChI=1S/C5H14N2O.H3NO3S/c1-4(8)2-5(7)3-6;1-5(2,3)4/h4-5,8H,2-3,6-7H2,1H3;(H3,1,2,3,4). The molecule has 0 saturated carbocycles. The van der Waals surface area contributed by atoms with Gasteiger partial charge in [0.05, 0.1) is 6.10 Å². The zero-order chi connectivity index (χ0) is 11.1. The normalized spacial score (nSPS) is 15.5. The van der Waals surface area contributed by atoms with Crippen molar-refractivity contribution in [3.63, 3.8) is 0 Å². The van der Waals surface area contributed by atoms with Gasteiger partial charge in [-0.2, -0.15) is 8.42 Å². The Morgan fingerprint density at radius 2 is 1.77 bits per heavy atom. The van der Waals surface area contributed by atoms with Gasteiger partial charge in [-0.3, -0.25) is 4.55 Å². The molecule has 0 radical (unpaired) electrons. The topological polar surface area (TPSA) is 153 Å². The van der Waals surface area contributed by atoms with Gasteiger partial charge in [0.1, 0.15) is 0 Å². The van der Waals surface area contributed by atoms with Crippen LogP contribution in [0.3, 0.4) is 0 Å². The van der Waals surface area contributed by atoms with Gasteiger partial charge < -0.3 is 16.6 Å². The Labute approximate surface area is 77.8 Å². The third-order valence-electron chi connectivity index (χ3n) is 0.947. The Hall–Kier alpha value is -0.250. The van der Waals surface area contributed by atoms with E-state index in [0.29, 0.717) is 13.0 Å². The Balaban J connectivity index is 0. The highest BCUT2D eigenvalue weighted by Crippen LogP contribution is 1.91. The van der Waals surface area contributed by atoms with Crippen LogP contribution in [0.5, 0.6) is 0 Å². The molecule has 13 heavy (non-hydrogen) atoms. The molecule has 0 aromatic carbocycles. The second kappa shape index (κ2) is 7.18. The number of nitrogens with two attached hydrogens (primary N) is 3. The first-order valence-corrected chi connectivity index (χ1v) is 5.06. The number of hydrogen-bond donors (Lipinski definition) is 5. The fourth-order valence-corrected chi connectivity index (χ4v) is 0.534. The van der Waals surface area contributed by atoms with E-state index >= 15 is 0 Å². The van der Waals surface area contributed by atoms with Gasteiger partial charge in [-0.1, -0.05) is 0 Å². The summed E-state index contributed by atoms with van der Waals surface area (Å²) in [4.78, 5) is 0. The molecule has 0 aromatic heterocycles. The second-order valence-corrected chi connectivity index (χ2v) is 3.63. The fraction of sp³-hybridized carbons (Fsp3) is 1.00. The van der Waals surface area contributed by atoms with Gasteiger partial charge in [0.15, 0.2) is 0 Å². The van der Waals surface area contributed by atoms with E-state index < -0.39 is 10.3 Å². The Bertz CT molecular complexity index is 196. The van der Waals surface area contributed by atoms with E-state index in [9.17, 15) is 0 Å². The van der Waals surface area contributed by atoms with Crippen molar-refractivity contribution in [2.75, 3.05) is 6.54 Å². The summed E-state index contributed by atoms with van der Waals surface area (Å²) in [5, 5.41) is 12.6. The molecule has 7 nitrogen and oxygen atoms in total. The lowest BCUT2D eigenvalue weighted by molar-refractivity contribution is 0.175. The lowest BCUT2D eigenvalue weighted by Crippen LogP contribution is -2.32. The van der Waals surface area contributed by atoms with Crippen molar-refractivity contribution in [3.05, 3.63) is 0 Å². The van der Waals surface area contributed by atoms with Crippen LogP contribution in [0, 0.1) is 0 Å². The first-order valence-electron chi connectivity index (χ1n) is 3.55. The minimum absolute atomic E-state index is 0.0463. The molecule has 0 fully saturated rings. The first kappa shape index (κ1) is 15.2. The number of aliphatic hydroxyl groups is 1. The van der Waals surface area contributed by atoms with Crippen molar-refractivity contribution in [1.82, 2.24) is 0 Å². The van der Waals surface area contributed by atoms with Crippen LogP contribution in [0.2, 0.25) is 0 Å². The van der Waals surface area contributed by atoms with Crippen LogP contribution in [0.15, 0.2) is 0 Å². The summed E-state index contributed by atoms with van der Waals surface area (Å²) in [6.07, 6.45) is 0.268. The van der Waals surface area contributed by atoms with Crippen LogP contribution in [0.4, 0.5) is 0 Å². The number of aliphatic hydroxyl groups excluding tert-OH is 1. The maximum absolute atomic E-state index is 8.97. The second-order valence-electron chi connectivity index (χ2n) is 2.60. The van der Waals surface area contributed by atoms with Crippen LogP contribution in [0.1, 0.15) is 13.3 Å². The van der Waals surface area contributed by atoms with E-state index in [1.165, 1.54) is 0 Å². The minimum Gasteiger partial charge on any atom is -0.393 e. The van der Waals surface area contributed by atoms with E-state index in [1.54, 1.807) is 6.92 Å².